The zero-order chi connectivity index (χ0) is 86.9. The second-order valence-electron chi connectivity index (χ2n) is 39.4. The highest BCUT2D eigenvalue weighted by Crippen LogP contribution is 2.51. The third kappa shape index (κ3) is 12.1. The fraction of sp³-hybridized carbons (Fsp3) is 0.150. The van der Waals surface area contributed by atoms with Crippen LogP contribution >= 0.6 is 0 Å². The lowest BCUT2D eigenvalue weighted by atomic mass is 9.87. The van der Waals surface area contributed by atoms with Crippen molar-refractivity contribution in [1.29, 1.82) is 0 Å². The van der Waals surface area contributed by atoms with Gasteiger partial charge in [0.2, 0.25) is 0 Å². The number of aryl methyl sites for hydroxylation is 1. The van der Waals surface area contributed by atoms with Crippen LogP contribution in [0.15, 0.2) is 352 Å². The van der Waals surface area contributed by atoms with Crippen molar-refractivity contribution in [3.63, 3.8) is 0 Å². The number of hydrogen-bond acceptors (Lipinski definition) is 0. The molecule has 130 heavy (non-hydrogen) atoms. The van der Waals surface area contributed by atoms with Gasteiger partial charge in [0.15, 0.2) is 0 Å². The highest BCUT2D eigenvalue weighted by molar-refractivity contribution is 6.31. The van der Waals surface area contributed by atoms with Gasteiger partial charge in [-0.2, -0.15) is 0 Å². The van der Waals surface area contributed by atoms with Gasteiger partial charge >= 0.3 is 0 Å². The lowest BCUT2D eigenvalue weighted by Crippen LogP contribution is -1.99. The van der Waals surface area contributed by atoms with Gasteiger partial charge < -0.3 is 13.2 Å². The molecule has 0 aliphatic carbocycles. The summed E-state index contributed by atoms with van der Waals surface area (Å²) in [4.78, 5) is 0. The van der Waals surface area contributed by atoms with Crippen molar-refractivity contribution in [1.82, 2.24) is 13.2 Å². The Bertz CT molecular complexity index is 9160. The van der Waals surface area contributed by atoms with Gasteiger partial charge in [-0.25, -0.2) is 0 Å². The number of benzene rings is 20. The molecule has 0 N–H and O–H groups in total. The third-order valence-electron chi connectivity index (χ3n) is 30.7. The molecule has 3 nitrogen and oxygen atoms in total. The van der Waals surface area contributed by atoms with Gasteiger partial charge in [0.25, 0.3) is 0 Å². The average Bonchev–Trinajstić information content (AvgIpc) is 1.55. The zero-order valence-corrected chi connectivity index (χ0v) is 75.1. The first-order valence-corrected chi connectivity index (χ1v) is 47.4. The summed E-state index contributed by atoms with van der Waals surface area (Å²) in [5, 5.41) is 31.1. The minimum atomic E-state index is 0.363. The van der Waals surface area contributed by atoms with E-state index in [4.69, 9.17) is 0 Å². The molecule has 4 atom stereocenters. The van der Waals surface area contributed by atoms with Crippen LogP contribution < -0.4 is 0 Å². The number of nitrogens with zero attached hydrogens (tertiary/aromatic N) is 3. The third-order valence-corrected chi connectivity index (χ3v) is 30.7. The Morgan fingerprint density at radius 3 is 0.754 bits per heavy atom. The van der Waals surface area contributed by atoms with Crippen molar-refractivity contribution < 1.29 is 0 Å². The molecule has 3 heteroatoms. The van der Waals surface area contributed by atoms with E-state index in [1.54, 1.807) is 0 Å². The fourth-order valence-corrected chi connectivity index (χ4v) is 23.2. The monoisotopic (exact) mass is 1670 g/mol. The molecule has 4 unspecified atom stereocenters. The first-order valence-electron chi connectivity index (χ1n) is 47.4. The van der Waals surface area contributed by atoms with E-state index in [0.29, 0.717) is 35.5 Å². The second kappa shape index (κ2) is 29.2. The zero-order valence-electron chi connectivity index (χ0n) is 75.1. The largest absolute Gasteiger partial charge is 0.308 e. The number of rotatable bonds is 17. The Kier molecular flexibility index (Phi) is 17.2. The van der Waals surface area contributed by atoms with Crippen molar-refractivity contribution in [3.8, 4) is 55.6 Å². The lowest BCUT2D eigenvalue weighted by molar-refractivity contribution is 0.574. The molecule has 0 fully saturated rings. The van der Waals surface area contributed by atoms with Crippen LogP contribution in [-0.2, 0) is 0 Å². The predicted molar refractivity (Wildman–Crippen MR) is 561 cm³/mol. The molecule has 622 valence electrons. The Balaban J connectivity index is 0.505. The van der Waals surface area contributed by atoms with E-state index in [-0.39, 0.29) is 0 Å². The van der Waals surface area contributed by atoms with E-state index in [0.717, 1.165) is 25.7 Å². The first-order chi connectivity index (χ1) is 63.5. The van der Waals surface area contributed by atoms with E-state index in [9.17, 15) is 0 Å². The minimum absolute atomic E-state index is 0.363. The molecule has 0 amide bonds. The molecule has 0 bridgehead atoms. The second-order valence-corrected chi connectivity index (χ2v) is 39.4. The Morgan fingerprint density at radius 2 is 0.431 bits per heavy atom. The maximum absolute atomic E-state index is 2.60. The summed E-state index contributed by atoms with van der Waals surface area (Å²) in [6, 6.07) is 137. The highest BCUT2D eigenvalue weighted by Gasteiger charge is 2.28. The van der Waals surface area contributed by atoms with Crippen LogP contribution in [0.1, 0.15) is 156 Å². The van der Waals surface area contributed by atoms with E-state index < -0.39 is 0 Å². The van der Waals surface area contributed by atoms with Crippen molar-refractivity contribution in [2.24, 2.45) is 0 Å². The summed E-state index contributed by atoms with van der Waals surface area (Å²) in [5.74, 6) is 2.40. The maximum atomic E-state index is 2.60. The van der Waals surface area contributed by atoms with Crippen molar-refractivity contribution >= 4 is 179 Å². The molecule has 0 spiro atoms. The van der Waals surface area contributed by atoms with Crippen LogP contribution in [0.2, 0.25) is 0 Å². The van der Waals surface area contributed by atoms with Gasteiger partial charge in [-0.1, -0.05) is 298 Å². The van der Waals surface area contributed by atoms with Gasteiger partial charge in [-0.3, -0.25) is 0 Å². The van der Waals surface area contributed by atoms with Crippen LogP contribution in [0.25, 0.3) is 235 Å². The van der Waals surface area contributed by atoms with Crippen LogP contribution in [-0.4, -0.2) is 13.2 Å². The van der Waals surface area contributed by atoms with Gasteiger partial charge in [0.1, 0.15) is 0 Å². The smallest absolute Gasteiger partial charge is 0.0620 e. The minimum Gasteiger partial charge on any atom is -0.308 e. The maximum Gasteiger partial charge on any atom is 0.0620 e. The summed E-state index contributed by atoms with van der Waals surface area (Å²) >= 11 is 0. The Labute approximate surface area is 756 Å². The van der Waals surface area contributed by atoms with Gasteiger partial charge in [-0.05, 0) is 337 Å². The molecule has 26 rings (SSSR count). The first kappa shape index (κ1) is 76.6. The Hall–Kier alpha value is -14.6. The normalized spacial score (nSPS) is 13.6. The highest BCUT2D eigenvalue weighted by atomic mass is 14.9. The molecule has 6 aromatic heterocycles. The van der Waals surface area contributed by atoms with E-state index in [1.807, 2.05) is 0 Å². The molecule has 0 saturated heterocycles. The van der Waals surface area contributed by atoms with E-state index >= 15 is 0 Å². The molecule has 20 aromatic carbocycles. The SMILES string of the molecule is Cc1ccc(-c2cc3c4cc5cc(C(C)C)ccc5cc4n4c5cc6ccc(C(C)CCC(C)c7ccc8cc9c(cc8c7)c7cc(-c8cccc(-c%10ccccc%10)c8)cc8c%10cc%11cc(C(C)CCC(C)c%12ccc%13cc%14c(cc%13c%12)c%12cc(-c%13ccccc%13-c%13ccccc%13)cc%13c%15cc%16cc(C(C)C)ccc%16cc%15n%14c%13%12)ccc%11cc%10n9c78)cc6cc5c(c2)c34)cc1. The molecule has 0 radical (unpaired) electrons. The Morgan fingerprint density at radius 1 is 0.177 bits per heavy atom. The lowest BCUT2D eigenvalue weighted by Gasteiger charge is -2.18. The predicted octanol–water partition coefficient (Wildman–Crippen LogP) is 36.3. The molecule has 0 saturated carbocycles. The summed E-state index contributed by atoms with van der Waals surface area (Å²) in [6.45, 7) is 21.1. The summed E-state index contributed by atoms with van der Waals surface area (Å²) in [5.41, 5.74) is 33.5. The molecule has 6 heterocycles. The van der Waals surface area contributed by atoms with Crippen molar-refractivity contribution in [3.05, 3.63) is 391 Å². The summed E-state index contributed by atoms with van der Waals surface area (Å²) in [7, 11) is 0. The van der Waals surface area contributed by atoms with Gasteiger partial charge in [0.05, 0.1) is 49.7 Å². The van der Waals surface area contributed by atoms with E-state index in [1.165, 1.54) is 273 Å². The molecular formula is C127H99N3. The van der Waals surface area contributed by atoms with E-state index in [2.05, 4.69) is 427 Å². The quantitative estimate of drug-likeness (QED) is 0.0862. The van der Waals surface area contributed by atoms with Crippen LogP contribution in [0.5, 0.6) is 0 Å². The molecule has 0 aliphatic heterocycles. The fourth-order valence-electron chi connectivity index (χ4n) is 23.2. The molecular weight excluding hydrogens is 1570 g/mol. The topological polar surface area (TPSA) is 13.2 Å². The van der Waals surface area contributed by atoms with Crippen LogP contribution in [0.4, 0.5) is 0 Å². The average molecular weight is 1670 g/mol. The molecule has 0 aliphatic rings. The van der Waals surface area contributed by atoms with Crippen molar-refractivity contribution in [2.45, 2.75) is 124 Å². The van der Waals surface area contributed by atoms with Crippen LogP contribution in [0.3, 0.4) is 0 Å². The number of aromatic nitrogens is 3. The van der Waals surface area contributed by atoms with Crippen molar-refractivity contribution in [2.75, 3.05) is 0 Å². The van der Waals surface area contributed by atoms with Crippen LogP contribution in [0, 0.1) is 6.92 Å². The molecule has 26 aromatic rings. The standard InChI is InChI=1S/C127H99N3/c1-72(2)82-35-41-90-66-119-107(54-96(90)47-82)113-60-102(80-33-27-74(5)28-34-80)61-114-108-56-98-49-84(37-43-92(98)68-120(108)128(119)125(113)114)75(6)29-30-76(7)85-38-44-93-69-121-109(57-99(93)50-85)115-62-103(89-24-18-23-88(53-89)79-19-12-10-13-20-79)63-116-110-58-100-51-86(39-45-94(100)70-122(110)129(121)126(115)116)77(8)31-32-78(9)87-40-46-95-71-124-112(59-101(95)52-87)118-65-104(106-26-17-16-25-105(106)81-21-14-11-15-22-81)64-117-111-55-97-48-83(73(3)4)36-42-91(97)67-123(111)130(124)127(117)118/h10-28,33-73,75-78H,29-32H2,1-9H3. The summed E-state index contributed by atoms with van der Waals surface area (Å²) < 4.78 is 7.75. The van der Waals surface area contributed by atoms with Gasteiger partial charge in [0, 0.05) is 64.6 Å². The number of hydrogen-bond donors (Lipinski definition) is 0. The summed E-state index contributed by atoms with van der Waals surface area (Å²) in [6.07, 6.45) is 4.34. The number of fused-ring (bicyclic) bond motifs is 24. The van der Waals surface area contributed by atoms with Gasteiger partial charge in [-0.15, -0.1) is 0 Å².